The number of nitrogens with one attached hydrogen (secondary N) is 2. The van der Waals surface area contributed by atoms with Gasteiger partial charge in [0.1, 0.15) is 0 Å². The Hall–Kier alpha value is -3.59. The normalized spacial score (nSPS) is 10.8. The second-order valence-electron chi connectivity index (χ2n) is 6.62. The summed E-state index contributed by atoms with van der Waals surface area (Å²) in [6, 6.07) is 17.3. The number of H-pyrrole nitrogens is 2. The van der Waals surface area contributed by atoms with Gasteiger partial charge in [0.15, 0.2) is 11.5 Å². The lowest BCUT2D eigenvalue weighted by Gasteiger charge is -2.14. The van der Waals surface area contributed by atoms with E-state index in [2.05, 4.69) is 25.6 Å². The van der Waals surface area contributed by atoms with Crippen LogP contribution in [0.5, 0.6) is 11.5 Å². The zero-order chi connectivity index (χ0) is 21.6. The number of nitrogens with zero attached hydrogens (tertiary/aromatic N) is 3. The van der Waals surface area contributed by atoms with E-state index >= 15 is 0 Å². The minimum absolute atomic E-state index is 0.240. The molecule has 158 valence electrons. The number of hydrogen-bond acceptors (Lipinski definition) is 7. The molecule has 0 unspecified atom stereocenters. The molecule has 2 heterocycles. The van der Waals surface area contributed by atoms with Crippen molar-refractivity contribution in [1.29, 1.82) is 0 Å². The van der Waals surface area contributed by atoms with Gasteiger partial charge in [-0.3, -0.25) is 4.79 Å². The number of aromatic nitrogens is 5. The molecule has 4 rings (SSSR count). The fourth-order valence-electron chi connectivity index (χ4n) is 3.02. The first-order valence-electron chi connectivity index (χ1n) is 9.75. The minimum atomic E-state index is -0.305. The Balaban J connectivity index is 1.84. The van der Waals surface area contributed by atoms with Crippen molar-refractivity contribution in [3.63, 3.8) is 0 Å². The largest absolute Gasteiger partial charge is 0.493 e. The van der Waals surface area contributed by atoms with E-state index < -0.39 is 0 Å². The van der Waals surface area contributed by atoms with Crippen molar-refractivity contribution >= 4 is 11.8 Å². The highest BCUT2D eigenvalue weighted by Crippen LogP contribution is 2.38. The Morgan fingerprint density at radius 1 is 1.06 bits per heavy atom. The van der Waals surface area contributed by atoms with Gasteiger partial charge >= 0.3 is 0 Å². The van der Waals surface area contributed by atoms with Crippen molar-refractivity contribution in [1.82, 2.24) is 25.6 Å². The molecule has 0 saturated heterocycles. The molecular weight excluding hydrogens is 414 g/mol. The number of pyridine rings is 1. The van der Waals surface area contributed by atoms with Gasteiger partial charge in [-0.15, -0.1) is 10.2 Å². The summed E-state index contributed by atoms with van der Waals surface area (Å²) < 4.78 is 11.3. The van der Waals surface area contributed by atoms with Crippen LogP contribution in [0.1, 0.15) is 13.3 Å². The molecule has 0 bridgehead atoms. The lowest BCUT2D eigenvalue weighted by Crippen LogP contribution is -2.12. The second kappa shape index (κ2) is 9.48. The number of hydrogen-bond donors (Lipinski definition) is 2. The average Bonchev–Trinajstić information content (AvgIpc) is 3.34. The molecule has 31 heavy (non-hydrogen) atoms. The number of aromatic amines is 2. The van der Waals surface area contributed by atoms with E-state index in [4.69, 9.17) is 9.47 Å². The first-order valence-corrected chi connectivity index (χ1v) is 10.6. The molecule has 0 aliphatic rings. The van der Waals surface area contributed by atoms with Gasteiger partial charge in [-0.2, -0.15) is 5.21 Å². The molecule has 9 heteroatoms. The zero-order valence-corrected chi connectivity index (χ0v) is 17.9. The molecule has 0 fully saturated rings. The van der Waals surface area contributed by atoms with E-state index in [1.807, 2.05) is 55.5 Å². The molecule has 0 radical (unpaired) electrons. The average molecular weight is 436 g/mol. The molecule has 0 aliphatic carbocycles. The van der Waals surface area contributed by atoms with Crippen LogP contribution in [-0.4, -0.2) is 39.3 Å². The predicted octanol–water partition coefficient (Wildman–Crippen LogP) is 4.17. The molecule has 0 aliphatic heterocycles. The smallest absolute Gasteiger partial charge is 0.259 e. The van der Waals surface area contributed by atoms with Gasteiger partial charge in [0.25, 0.3) is 5.56 Å². The fraction of sp³-hybridized carbons (Fsp3) is 0.182. The third-order valence-electron chi connectivity index (χ3n) is 4.48. The lowest BCUT2D eigenvalue weighted by atomic mass is 10.1. The highest BCUT2D eigenvalue weighted by Gasteiger charge is 2.17. The summed E-state index contributed by atoms with van der Waals surface area (Å²) in [5, 5.41) is 13.9. The molecule has 8 nitrogen and oxygen atoms in total. The molecule has 0 atom stereocenters. The Morgan fingerprint density at radius 2 is 1.90 bits per heavy atom. The Morgan fingerprint density at radius 3 is 2.61 bits per heavy atom. The van der Waals surface area contributed by atoms with Gasteiger partial charge in [-0.25, -0.2) is 0 Å². The van der Waals surface area contributed by atoms with Crippen molar-refractivity contribution < 1.29 is 9.47 Å². The minimum Gasteiger partial charge on any atom is -0.493 e. The van der Waals surface area contributed by atoms with Gasteiger partial charge < -0.3 is 14.5 Å². The second-order valence-corrected chi connectivity index (χ2v) is 7.73. The predicted molar refractivity (Wildman–Crippen MR) is 119 cm³/mol. The topological polar surface area (TPSA) is 106 Å². The molecule has 2 aromatic heterocycles. The summed E-state index contributed by atoms with van der Waals surface area (Å²) in [5.74, 6) is 1.50. The Kier molecular flexibility index (Phi) is 6.32. The van der Waals surface area contributed by atoms with E-state index in [-0.39, 0.29) is 11.4 Å². The molecule has 2 aromatic carbocycles. The van der Waals surface area contributed by atoms with Crippen LogP contribution >= 0.6 is 11.8 Å². The van der Waals surface area contributed by atoms with Gasteiger partial charge in [0.05, 0.1) is 25.0 Å². The summed E-state index contributed by atoms with van der Waals surface area (Å²) in [6.45, 7) is 2.61. The fourth-order valence-corrected chi connectivity index (χ4v) is 4.02. The van der Waals surface area contributed by atoms with E-state index in [0.29, 0.717) is 29.4 Å². The maximum absolute atomic E-state index is 12.9. The van der Waals surface area contributed by atoms with Crippen molar-refractivity contribution in [3.8, 4) is 34.1 Å². The van der Waals surface area contributed by atoms with Crippen LogP contribution in [-0.2, 0) is 0 Å². The first kappa shape index (κ1) is 20.7. The standard InChI is InChI=1S/C22H21N5O3S/c1-3-11-30-18-12-14(9-10-17(18)29-2)20-19(31-15-7-5-4-6-8-15)13-16(22(28)23-20)21-24-26-27-25-21/h4-10,12-13H,3,11H2,1-2H3,(H,23,28)(H,24,25,26,27). The van der Waals surface area contributed by atoms with Crippen molar-refractivity contribution in [2.45, 2.75) is 23.1 Å². The number of rotatable bonds is 8. The molecule has 0 spiro atoms. The van der Waals surface area contributed by atoms with Crippen LogP contribution in [0, 0.1) is 0 Å². The monoisotopic (exact) mass is 435 g/mol. The van der Waals surface area contributed by atoms with Crippen molar-refractivity contribution in [2.75, 3.05) is 13.7 Å². The van der Waals surface area contributed by atoms with E-state index in [9.17, 15) is 4.79 Å². The number of methoxy groups -OCH3 is 1. The van der Waals surface area contributed by atoms with E-state index in [1.165, 1.54) is 11.8 Å². The van der Waals surface area contributed by atoms with E-state index in [1.54, 1.807) is 13.2 Å². The van der Waals surface area contributed by atoms with Gasteiger partial charge in [-0.1, -0.05) is 36.9 Å². The molecule has 2 N–H and O–H groups in total. The summed E-state index contributed by atoms with van der Waals surface area (Å²) in [7, 11) is 1.60. The maximum Gasteiger partial charge on any atom is 0.259 e. The van der Waals surface area contributed by atoms with Crippen molar-refractivity contribution in [3.05, 3.63) is 65.0 Å². The molecule has 4 aromatic rings. The number of benzene rings is 2. The van der Waals surface area contributed by atoms with Crippen LogP contribution in [0.2, 0.25) is 0 Å². The highest BCUT2D eigenvalue weighted by molar-refractivity contribution is 7.99. The van der Waals surface area contributed by atoms with Gasteiger partial charge in [0, 0.05) is 15.4 Å². The quantitative estimate of drug-likeness (QED) is 0.428. The third-order valence-corrected chi connectivity index (χ3v) is 5.53. The van der Waals surface area contributed by atoms with Crippen LogP contribution in [0.4, 0.5) is 0 Å². The highest BCUT2D eigenvalue weighted by atomic mass is 32.2. The van der Waals surface area contributed by atoms with Gasteiger partial charge in [-0.05, 0) is 48.0 Å². The molecule has 0 amide bonds. The summed E-state index contributed by atoms with van der Waals surface area (Å²) in [4.78, 5) is 17.7. The lowest BCUT2D eigenvalue weighted by molar-refractivity contribution is 0.294. The first-order chi connectivity index (χ1) is 15.2. The van der Waals surface area contributed by atoms with Crippen LogP contribution in [0.15, 0.2) is 69.2 Å². The van der Waals surface area contributed by atoms with Crippen LogP contribution < -0.4 is 15.0 Å². The summed E-state index contributed by atoms with van der Waals surface area (Å²) in [5.41, 5.74) is 1.52. The van der Waals surface area contributed by atoms with Crippen LogP contribution in [0.25, 0.3) is 22.6 Å². The maximum atomic E-state index is 12.9. The third kappa shape index (κ3) is 4.61. The summed E-state index contributed by atoms with van der Waals surface area (Å²) in [6.07, 6.45) is 0.874. The Labute approximate surface area is 183 Å². The summed E-state index contributed by atoms with van der Waals surface area (Å²) >= 11 is 1.53. The van der Waals surface area contributed by atoms with Crippen molar-refractivity contribution in [2.24, 2.45) is 0 Å². The number of tetrazole rings is 1. The SMILES string of the molecule is CCCOc1cc(-c2[nH]c(=O)c(-c3nn[nH]n3)cc2Sc2ccccc2)ccc1OC. The Bertz CT molecular complexity index is 1210. The van der Waals surface area contributed by atoms with Gasteiger partial charge in [0.2, 0.25) is 5.82 Å². The number of ether oxygens (including phenoxy) is 2. The molecule has 0 saturated carbocycles. The molecular formula is C22H21N5O3S. The van der Waals surface area contributed by atoms with E-state index in [0.717, 1.165) is 21.8 Å². The van der Waals surface area contributed by atoms with Crippen LogP contribution in [0.3, 0.4) is 0 Å². The zero-order valence-electron chi connectivity index (χ0n) is 17.1.